The first-order valence-electron chi connectivity index (χ1n) is 1.03. The minimum absolute atomic E-state index is 0.427. The van der Waals surface area contributed by atoms with E-state index in [0.717, 1.165) is 0 Å². The van der Waals surface area contributed by atoms with Crippen LogP contribution in [0.1, 0.15) is 0 Å². The maximum absolute atomic E-state index is 9.01. The average molecular weight is 139 g/mol. The lowest BCUT2D eigenvalue weighted by molar-refractivity contribution is 0.869. The number of hydrogen-bond acceptors (Lipinski definition) is 2. The molecule has 0 spiro atoms. The fourth-order valence-electron chi connectivity index (χ4n) is 0.0244. The quantitative estimate of drug-likeness (QED) is 0.263. The third kappa shape index (κ3) is 3.88. The van der Waals surface area contributed by atoms with E-state index in [2.05, 4.69) is 26.6 Å². The van der Waals surface area contributed by atoms with Crippen molar-refractivity contribution in [3.63, 3.8) is 0 Å². The molecule has 0 rings (SSSR count). The Morgan fingerprint density at radius 2 is 2.60 bits per heavy atom. The van der Waals surface area contributed by atoms with Gasteiger partial charge in [-0.2, -0.15) is 0 Å². The molecular weight excluding hydrogens is 136 g/mol. The zero-order valence-electron chi connectivity index (χ0n) is 2.44. The Morgan fingerprint density at radius 1 is 2.00 bits per heavy atom. The molecule has 0 aromatic heterocycles. The number of hydrogen-bond donors (Lipinski definition) is 1. The second-order valence-electron chi connectivity index (χ2n) is 0.383. The molecule has 0 unspecified atom stereocenters. The highest BCUT2D eigenvalue weighted by molar-refractivity contribution is 9.09. The van der Waals surface area contributed by atoms with Gasteiger partial charge in [-0.25, -0.2) is 0 Å². The van der Waals surface area contributed by atoms with Crippen molar-refractivity contribution >= 4 is 15.9 Å². The highest BCUT2D eigenvalue weighted by atomic mass is 79.9. The SMILES string of the molecule is O=NNCBr. The van der Waals surface area contributed by atoms with E-state index in [9.17, 15) is 0 Å². The standard InChI is InChI=1S/CH3BrN2O/c2-1-3-4-5/h1H2,(H,3,5). The van der Waals surface area contributed by atoms with Crippen LogP contribution >= 0.6 is 15.9 Å². The summed E-state index contributed by atoms with van der Waals surface area (Å²) >= 11 is 2.90. The molecule has 0 heterocycles. The van der Waals surface area contributed by atoms with Crippen molar-refractivity contribution in [1.29, 1.82) is 0 Å². The molecule has 0 aromatic carbocycles. The topological polar surface area (TPSA) is 41.5 Å². The van der Waals surface area contributed by atoms with Gasteiger partial charge in [0.15, 0.2) is 0 Å². The summed E-state index contributed by atoms with van der Waals surface area (Å²) in [6.45, 7) is 0. The number of nitrogens with zero attached hydrogens (tertiary/aromatic N) is 1. The zero-order chi connectivity index (χ0) is 4.12. The van der Waals surface area contributed by atoms with Gasteiger partial charge in [0.2, 0.25) is 0 Å². The van der Waals surface area contributed by atoms with Crippen LogP contribution < -0.4 is 5.43 Å². The lowest BCUT2D eigenvalue weighted by atomic mass is 11.5. The molecule has 5 heavy (non-hydrogen) atoms. The summed E-state index contributed by atoms with van der Waals surface area (Å²) in [5.41, 5.74) is 2.52. The van der Waals surface area contributed by atoms with E-state index in [1.807, 2.05) is 0 Å². The molecule has 0 radical (unpaired) electrons. The van der Waals surface area contributed by atoms with E-state index < -0.39 is 0 Å². The Bertz CT molecular complexity index is 30.8. The monoisotopic (exact) mass is 138 g/mol. The first-order valence-corrected chi connectivity index (χ1v) is 2.15. The highest BCUT2D eigenvalue weighted by Crippen LogP contribution is 1.67. The van der Waals surface area contributed by atoms with Crippen molar-refractivity contribution in [3.8, 4) is 0 Å². The minimum atomic E-state index is 0.427. The van der Waals surface area contributed by atoms with Crippen molar-refractivity contribution in [1.82, 2.24) is 5.43 Å². The molecule has 0 aromatic rings. The fraction of sp³-hybridized carbons (Fsp3) is 1.00. The van der Waals surface area contributed by atoms with E-state index >= 15 is 0 Å². The smallest absolute Gasteiger partial charge is 0.0912 e. The van der Waals surface area contributed by atoms with Crippen LogP contribution in [-0.2, 0) is 0 Å². The van der Waals surface area contributed by atoms with Crippen molar-refractivity contribution in [2.45, 2.75) is 0 Å². The summed E-state index contributed by atoms with van der Waals surface area (Å²) in [6.07, 6.45) is 0. The zero-order valence-corrected chi connectivity index (χ0v) is 4.03. The van der Waals surface area contributed by atoms with Gasteiger partial charge in [0.25, 0.3) is 0 Å². The van der Waals surface area contributed by atoms with Crippen LogP contribution in [0.15, 0.2) is 5.29 Å². The molecule has 0 saturated carbocycles. The summed E-state index contributed by atoms with van der Waals surface area (Å²) in [4.78, 5) is 9.01. The largest absolute Gasteiger partial charge is 0.263 e. The third-order valence-corrected chi connectivity index (χ3v) is 0.375. The van der Waals surface area contributed by atoms with Gasteiger partial charge < -0.3 is 0 Å². The van der Waals surface area contributed by atoms with Crippen molar-refractivity contribution in [2.75, 3.05) is 5.45 Å². The van der Waals surface area contributed by atoms with Crippen molar-refractivity contribution in [3.05, 3.63) is 4.91 Å². The molecule has 1 N–H and O–H groups in total. The first kappa shape index (κ1) is 4.88. The lowest BCUT2D eigenvalue weighted by Gasteiger charge is -1.74. The Morgan fingerprint density at radius 3 is 2.60 bits per heavy atom. The molecular formula is CH3BrN2O. The van der Waals surface area contributed by atoms with Crippen LogP contribution in [0.3, 0.4) is 0 Å². The molecule has 0 bridgehead atoms. The van der Waals surface area contributed by atoms with Gasteiger partial charge in [0.1, 0.15) is 0 Å². The molecule has 3 nitrogen and oxygen atoms in total. The van der Waals surface area contributed by atoms with Crippen LogP contribution in [0.2, 0.25) is 0 Å². The molecule has 30 valence electrons. The third-order valence-electron chi connectivity index (χ3n) is 0.124. The van der Waals surface area contributed by atoms with Gasteiger partial charge in [-0.05, 0) is 0 Å². The summed E-state index contributed by atoms with van der Waals surface area (Å²) < 4.78 is 0. The number of nitroso groups, excluding NO2 is 1. The summed E-state index contributed by atoms with van der Waals surface area (Å²) in [7, 11) is 0. The second kappa shape index (κ2) is 3.88. The van der Waals surface area contributed by atoms with Crippen LogP contribution in [0.4, 0.5) is 0 Å². The van der Waals surface area contributed by atoms with Gasteiger partial charge in [0, 0.05) is 0 Å². The fourth-order valence-corrected chi connectivity index (χ4v) is 0.127. The number of alkyl halides is 1. The van der Waals surface area contributed by atoms with Crippen molar-refractivity contribution < 1.29 is 0 Å². The maximum atomic E-state index is 9.01. The maximum Gasteiger partial charge on any atom is 0.0912 e. The van der Waals surface area contributed by atoms with Crippen LogP contribution in [0.5, 0.6) is 0 Å². The Labute approximate surface area is 37.8 Å². The summed E-state index contributed by atoms with van der Waals surface area (Å²) in [5, 5.41) is 2.31. The van der Waals surface area contributed by atoms with E-state index in [4.69, 9.17) is 4.91 Å². The highest BCUT2D eigenvalue weighted by Gasteiger charge is 1.61. The van der Waals surface area contributed by atoms with Crippen molar-refractivity contribution in [2.24, 2.45) is 5.29 Å². The molecule has 0 aliphatic rings. The lowest BCUT2D eigenvalue weighted by Crippen LogP contribution is -1.96. The minimum Gasteiger partial charge on any atom is -0.263 e. The van der Waals surface area contributed by atoms with Gasteiger partial charge in [0.05, 0.1) is 10.7 Å². The van der Waals surface area contributed by atoms with Crippen LogP contribution in [0.25, 0.3) is 0 Å². The van der Waals surface area contributed by atoms with Gasteiger partial charge in [-0.3, -0.25) is 5.43 Å². The number of halogens is 1. The molecule has 0 aliphatic heterocycles. The predicted molar refractivity (Wildman–Crippen MR) is 22.7 cm³/mol. The summed E-state index contributed by atoms with van der Waals surface area (Å²) in [6, 6.07) is 0. The van der Waals surface area contributed by atoms with Gasteiger partial charge in [-0.1, -0.05) is 15.9 Å². The second-order valence-corrected chi connectivity index (χ2v) is 0.944. The van der Waals surface area contributed by atoms with E-state index in [-0.39, 0.29) is 0 Å². The normalized spacial score (nSPS) is 6.60. The van der Waals surface area contributed by atoms with Crippen LogP contribution in [0, 0.1) is 4.91 Å². The van der Waals surface area contributed by atoms with Gasteiger partial charge in [-0.15, -0.1) is 4.91 Å². The predicted octanol–water partition coefficient (Wildman–Crippen LogP) is 0.610. The van der Waals surface area contributed by atoms with Crippen LogP contribution in [-0.4, -0.2) is 5.45 Å². The molecule has 0 aliphatic carbocycles. The van der Waals surface area contributed by atoms with E-state index in [0.29, 0.717) is 5.45 Å². The molecule has 0 amide bonds. The Hall–Kier alpha value is -0.120. The Balaban J connectivity index is 2.40. The van der Waals surface area contributed by atoms with E-state index in [1.165, 1.54) is 0 Å². The molecule has 0 atom stereocenters. The Kier molecular flexibility index (Phi) is 3.79. The molecule has 0 saturated heterocycles. The average Bonchev–Trinajstić information content (AvgIpc) is 1.41. The summed E-state index contributed by atoms with van der Waals surface area (Å²) in [5.74, 6) is 0. The molecule has 0 fully saturated rings. The molecule has 4 heteroatoms. The number of nitrogens with one attached hydrogen (secondary N) is 1. The van der Waals surface area contributed by atoms with E-state index in [1.54, 1.807) is 0 Å². The van der Waals surface area contributed by atoms with Gasteiger partial charge >= 0.3 is 0 Å². The number of rotatable bonds is 2. The first-order chi connectivity index (χ1) is 2.41.